The molecule has 1 saturated carbocycles. The van der Waals surface area contributed by atoms with Gasteiger partial charge in [0.25, 0.3) is 0 Å². The van der Waals surface area contributed by atoms with Gasteiger partial charge in [0.1, 0.15) is 0 Å². The molecule has 0 aromatic heterocycles. The second-order valence-electron chi connectivity index (χ2n) is 6.17. The summed E-state index contributed by atoms with van der Waals surface area (Å²) in [5, 5.41) is 0. The Morgan fingerprint density at radius 2 is 1.47 bits per heavy atom. The smallest absolute Gasteiger partial charge is 0.0898 e. The van der Waals surface area contributed by atoms with Gasteiger partial charge in [-0.15, -0.1) is 0 Å². The van der Waals surface area contributed by atoms with Crippen molar-refractivity contribution in [1.82, 2.24) is 0 Å². The number of likely N-dealkylation sites (tertiary alicyclic amines) is 1. The normalized spacial score (nSPS) is 26.0. The molecule has 0 radical (unpaired) electrons. The highest BCUT2D eigenvalue weighted by molar-refractivity contribution is 4.94. The van der Waals surface area contributed by atoms with Crippen LogP contribution in [0.25, 0.3) is 0 Å². The van der Waals surface area contributed by atoms with Gasteiger partial charge in [-0.25, -0.2) is 0 Å². The largest absolute Gasteiger partial charge is 0.322 e. The molecule has 1 aliphatic carbocycles. The van der Waals surface area contributed by atoms with Gasteiger partial charge >= 0.3 is 0 Å². The Labute approximate surface area is 95.4 Å². The van der Waals surface area contributed by atoms with Crippen molar-refractivity contribution in [3.05, 3.63) is 0 Å². The fraction of sp³-hybridized carbons (Fsp3) is 1.00. The first-order chi connectivity index (χ1) is 7.24. The summed E-state index contributed by atoms with van der Waals surface area (Å²) in [7, 11) is 0. The fourth-order valence-electron chi connectivity index (χ4n) is 3.78. The second-order valence-corrected chi connectivity index (χ2v) is 6.17. The summed E-state index contributed by atoms with van der Waals surface area (Å²) in [5.74, 6) is 0. The highest BCUT2D eigenvalue weighted by Crippen LogP contribution is 2.52. The number of quaternary nitrogens is 1. The average Bonchev–Trinajstić information content (AvgIpc) is 2.13. The van der Waals surface area contributed by atoms with Crippen LogP contribution in [0.4, 0.5) is 0 Å². The van der Waals surface area contributed by atoms with Crippen LogP contribution in [0.5, 0.6) is 0 Å². The molecule has 0 aromatic carbocycles. The Morgan fingerprint density at radius 3 is 1.80 bits per heavy atom. The summed E-state index contributed by atoms with van der Waals surface area (Å²) in [5.41, 5.74) is 0.849. The molecule has 1 spiro atoms. The van der Waals surface area contributed by atoms with Crippen LogP contribution < -0.4 is 0 Å². The van der Waals surface area contributed by atoms with Gasteiger partial charge < -0.3 is 4.48 Å². The third kappa shape index (κ3) is 2.22. The van der Waals surface area contributed by atoms with Crippen LogP contribution in [0.3, 0.4) is 0 Å². The summed E-state index contributed by atoms with van der Waals surface area (Å²) < 4.78 is 1.49. The molecule has 15 heavy (non-hydrogen) atoms. The topological polar surface area (TPSA) is 0 Å². The van der Waals surface area contributed by atoms with E-state index < -0.39 is 0 Å². The van der Waals surface area contributed by atoms with Crippen LogP contribution in [-0.2, 0) is 0 Å². The summed E-state index contributed by atoms with van der Waals surface area (Å²) in [6.07, 6.45) is 10.2. The lowest BCUT2D eigenvalue weighted by molar-refractivity contribution is -0.987. The van der Waals surface area contributed by atoms with Crippen LogP contribution in [0.15, 0.2) is 0 Å². The van der Waals surface area contributed by atoms with E-state index in [1.165, 1.54) is 62.8 Å². The molecule has 2 fully saturated rings. The Kier molecular flexibility index (Phi) is 3.39. The zero-order chi connectivity index (χ0) is 10.8. The molecule has 88 valence electrons. The number of unbranched alkanes of at least 4 members (excludes halogenated alkanes) is 2. The van der Waals surface area contributed by atoms with E-state index >= 15 is 0 Å². The predicted octanol–water partition coefficient (Wildman–Crippen LogP) is 3.59. The predicted molar refractivity (Wildman–Crippen MR) is 65.8 cm³/mol. The van der Waals surface area contributed by atoms with Crippen molar-refractivity contribution in [2.75, 3.05) is 26.2 Å². The van der Waals surface area contributed by atoms with Gasteiger partial charge in [0.15, 0.2) is 0 Å². The van der Waals surface area contributed by atoms with E-state index in [1.54, 1.807) is 12.8 Å². The molecule has 0 atom stereocenters. The van der Waals surface area contributed by atoms with Gasteiger partial charge in [0, 0.05) is 0 Å². The molecule has 1 saturated heterocycles. The Hall–Kier alpha value is -0.0400. The van der Waals surface area contributed by atoms with Gasteiger partial charge in [0.2, 0.25) is 0 Å². The molecular formula is C14H28N+. The van der Waals surface area contributed by atoms with Crippen molar-refractivity contribution in [1.29, 1.82) is 0 Å². The van der Waals surface area contributed by atoms with Crippen LogP contribution in [0.2, 0.25) is 0 Å². The van der Waals surface area contributed by atoms with Crippen LogP contribution in [-0.4, -0.2) is 30.7 Å². The first-order valence-electron chi connectivity index (χ1n) is 7.09. The van der Waals surface area contributed by atoms with Crippen LogP contribution in [0, 0.1) is 5.41 Å². The lowest BCUT2D eigenvalue weighted by Crippen LogP contribution is -2.72. The van der Waals surface area contributed by atoms with Crippen molar-refractivity contribution in [3.63, 3.8) is 0 Å². The number of hydrogen-bond donors (Lipinski definition) is 0. The van der Waals surface area contributed by atoms with Crippen LogP contribution in [0.1, 0.15) is 58.8 Å². The number of hydrogen-bond acceptors (Lipinski definition) is 0. The zero-order valence-corrected chi connectivity index (χ0v) is 10.7. The van der Waals surface area contributed by atoms with E-state index in [0.717, 1.165) is 5.41 Å². The van der Waals surface area contributed by atoms with Gasteiger partial charge in [0.05, 0.1) is 31.6 Å². The standard InChI is InChI=1S/C14H28N/c1-3-5-10-15(11-6-4-2)12-14(13-15)8-7-9-14/h3-13H2,1-2H3/q+1. The quantitative estimate of drug-likeness (QED) is 0.588. The van der Waals surface area contributed by atoms with Crippen molar-refractivity contribution in [2.24, 2.45) is 5.41 Å². The Morgan fingerprint density at radius 1 is 0.933 bits per heavy atom. The second kappa shape index (κ2) is 4.45. The van der Waals surface area contributed by atoms with Crippen molar-refractivity contribution in [2.45, 2.75) is 58.8 Å². The molecule has 1 heterocycles. The maximum atomic E-state index is 2.33. The molecular weight excluding hydrogens is 182 g/mol. The zero-order valence-electron chi connectivity index (χ0n) is 10.7. The number of nitrogens with zero attached hydrogens (tertiary/aromatic N) is 1. The molecule has 2 rings (SSSR count). The Balaban J connectivity index is 1.82. The molecule has 1 aliphatic heterocycles. The monoisotopic (exact) mass is 210 g/mol. The van der Waals surface area contributed by atoms with Crippen molar-refractivity contribution >= 4 is 0 Å². The minimum absolute atomic E-state index is 0.849. The van der Waals surface area contributed by atoms with Gasteiger partial charge in [-0.05, 0) is 25.7 Å². The lowest BCUT2D eigenvalue weighted by atomic mass is 9.62. The average molecular weight is 210 g/mol. The van der Waals surface area contributed by atoms with E-state index in [1.807, 2.05) is 0 Å². The molecule has 0 N–H and O–H groups in total. The van der Waals surface area contributed by atoms with E-state index in [-0.39, 0.29) is 0 Å². The third-order valence-corrected chi connectivity index (χ3v) is 4.73. The molecule has 1 heteroatoms. The summed E-state index contributed by atoms with van der Waals surface area (Å²) >= 11 is 0. The maximum Gasteiger partial charge on any atom is 0.0898 e. The highest BCUT2D eigenvalue weighted by atomic mass is 15.4. The molecule has 0 bridgehead atoms. The molecule has 2 aliphatic rings. The fourth-order valence-corrected chi connectivity index (χ4v) is 3.78. The van der Waals surface area contributed by atoms with Gasteiger partial charge in [-0.3, -0.25) is 0 Å². The van der Waals surface area contributed by atoms with E-state index in [2.05, 4.69) is 13.8 Å². The van der Waals surface area contributed by atoms with Gasteiger partial charge in [-0.2, -0.15) is 0 Å². The van der Waals surface area contributed by atoms with Crippen molar-refractivity contribution < 1.29 is 4.48 Å². The molecule has 0 aromatic rings. The maximum absolute atomic E-state index is 2.33. The minimum Gasteiger partial charge on any atom is -0.322 e. The first kappa shape index (κ1) is 11.4. The Bertz CT molecular complexity index is 187. The van der Waals surface area contributed by atoms with Crippen molar-refractivity contribution in [3.8, 4) is 0 Å². The van der Waals surface area contributed by atoms with E-state index in [9.17, 15) is 0 Å². The summed E-state index contributed by atoms with van der Waals surface area (Å²) in [4.78, 5) is 0. The third-order valence-electron chi connectivity index (χ3n) is 4.73. The first-order valence-corrected chi connectivity index (χ1v) is 7.09. The summed E-state index contributed by atoms with van der Waals surface area (Å²) in [6, 6.07) is 0. The number of rotatable bonds is 6. The van der Waals surface area contributed by atoms with Gasteiger partial charge in [-0.1, -0.05) is 33.1 Å². The molecule has 1 nitrogen and oxygen atoms in total. The highest BCUT2D eigenvalue weighted by Gasteiger charge is 2.57. The minimum atomic E-state index is 0.849. The molecule has 0 unspecified atom stereocenters. The lowest BCUT2D eigenvalue weighted by Gasteiger charge is -2.61. The summed E-state index contributed by atoms with van der Waals surface area (Å²) in [6.45, 7) is 10.7. The van der Waals surface area contributed by atoms with Crippen LogP contribution >= 0.6 is 0 Å². The SMILES string of the molecule is CCCC[N+]1(CCCC)CC2(CCC2)C1. The van der Waals surface area contributed by atoms with E-state index in [0.29, 0.717) is 0 Å². The van der Waals surface area contributed by atoms with E-state index in [4.69, 9.17) is 0 Å². The molecule has 0 amide bonds.